The van der Waals surface area contributed by atoms with Gasteiger partial charge in [-0.2, -0.15) is 0 Å². The minimum atomic E-state index is 0.682. The average Bonchev–Trinajstić information content (AvgIpc) is 2.55. The van der Waals surface area contributed by atoms with Crippen molar-refractivity contribution in [1.82, 2.24) is 9.47 Å². The molecule has 1 aromatic carbocycles. The highest BCUT2D eigenvalue weighted by Crippen LogP contribution is 2.34. The van der Waals surface area contributed by atoms with Crippen molar-refractivity contribution in [2.24, 2.45) is 7.05 Å². The summed E-state index contributed by atoms with van der Waals surface area (Å²) < 4.78 is 2.25. The minimum absolute atomic E-state index is 0.682. The summed E-state index contributed by atoms with van der Waals surface area (Å²) in [5.74, 6) is 0.725. The maximum Gasteiger partial charge on any atom is 0.0480 e. The van der Waals surface area contributed by atoms with Crippen LogP contribution >= 0.6 is 0 Å². The molecule has 17 heavy (non-hydrogen) atoms. The Hall–Kier alpha value is -1.28. The van der Waals surface area contributed by atoms with Crippen LogP contribution in [0.3, 0.4) is 0 Å². The Morgan fingerprint density at radius 3 is 2.59 bits per heavy atom. The molecule has 0 spiro atoms. The number of likely N-dealkylation sites (tertiary alicyclic amines) is 1. The number of fused-ring (bicyclic) bond motifs is 1. The van der Waals surface area contributed by atoms with E-state index in [1.54, 1.807) is 0 Å². The second kappa shape index (κ2) is 3.88. The van der Waals surface area contributed by atoms with Crippen molar-refractivity contribution in [3.63, 3.8) is 0 Å². The van der Waals surface area contributed by atoms with Crippen LogP contribution in [0.25, 0.3) is 10.9 Å². The summed E-state index contributed by atoms with van der Waals surface area (Å²) in [6, 6.07) is 9.40. The van der Waals surface area contributed by atoms with Crippen LogP contribution in [0.15, 0.2) is 30.5 Å². The first-order valence-electron chi connectivity index (χ1n) is 6.45. The molecule has 0 unspecified atom stereocenters. The predicted molar refractivity (Wildman–Crippen MR) is 72.4 cm³/mol. The van der Waals surface area contributed by atoms with Crippen LogP contribution in [-0.4, -0.2) is 28.6 Å². The predicted octanol–water partition coefficient (Wildman–Crippen LogP) is 2.99. The lowest BCUT2D eigenvalue weighted by Gasteiger charge is -2.42. The van der Waals surface area contributed by atoms with Gasteiger partial charge in [-0.15, -0.1) is 0 Å². The summed E-state index contributed by atoms with van der Waals surface area (Å²) >= 11 is 0. The van der Waals surface area contributed by atoms with E-state index in [2.05, 4.69) is 60.8 Å². The highest BCUT2D eigenvalue weighted by molar-refractivity contribution is 5.84. The molecule has 1 aliphatic heterocycles. The van der Waals surface area contributed by atoms with E-state index in [0.29, 0.717) is 6.04 Å². The maximum absolute atomic E-state index is 2.53. The van der Waals surface area contributed by atoms with E-state index in [1.165, 1.54) is 29.6 Å². The lowest BCUT2D eigenvalue weighted by molar-refractivity contribution is 0.110. The zero-order valence-corrected chi connectivity index (χ0v) is 10.9. The number of hydrogen-bond acceptors (Lipinski definition) is 1. The van der Waals surface area contributed by atoms with Crippen molar-refractivity contribution in [2.75, 3.05) is 13.1 Å². The van der Waals surface area contributed by atoms with Crippen molar-refractivity contribution in [3.8, 4) is 0 Å². The molecule has 0 radical (unpaired) electrons. The maximum atomic E-state index is 2.53. The van der Waals surface area contributed by atoms with Crippen molar-refractivity contribution >= 4 is 10.9 Å². The van der Waals surface area contributed by atoms with E-state index < -0.39 is 0 Å². The van der Waals surface area contributed by atoms with Gasteiger partial charge in [-0.1, -0.05) is 18.2 Å². The molecule has 0 saturated carbocycles. The molecule has 3 rings (SSSR count). The first kappa shape index (κ1) is 10.8. The highest BCUT2D eigenvalue weighted by atomic mass is 15.2. The van der Waals surface area contributed by atoms with Crippen LogP contribution in [0, 0.1) is 0 Å². The number of aryl methyl sites for hydroxylation is 1. The molecule has 0 atom stereocenters. The molecule has 1 aromatic heterocycles. The third kappa shape index (κ3) is 1.67. The van der Waals surface area contributed by atoms with Crippen molar-refractivity contribution < 1.29 is 0 Å². The fourth-order valence-electron chi connectivity index (χ4n) is 2.83. The average molecular weight is 228 g/mol. The molecule has 0 amide bonds. The van der Waals surface area contributed by atoms with Gasteiger partial charge in [0.25, 0.3) is 0 Å². The molecule has 0 aliphatic carbocycles. The molecule has 2 nitrogen and oxygen atoms in total. The summed E-state index contributed by atoms with van der Waals surface area (Å²) in [6.45, 7) is 6.98. The van der Waals surface area contributed by atoms with E-state index in [9.17, 15) is 0 Å². The summed E-state index contributed by atoms with van der Waals surface area (Å²) in [7, 11) is 2.14. The van der Waals surface area contributed by atoms with Crippen molar-refractivity contribution in [3.05, 3.63) is 36.0 Å². The number of nitrogens with zero attached hydrogens (tertiary/aromatic N) is 2. The van der Waals surface area contributed by atoms with Gasteiger partial charge in [0.2, 0.25) is 0 Å². The van der Waals surface area contributed by atoms with E-state index in [4.69, 9.17) is 0 Å². The van der Waals surface area contributed by atoms with Crippen LogP contribution in [0.5, 0.6) is 0 Å². The topological polar surface area (TPSA) is 8.17 Å². The quantitative estimate of drug-likeness (QED) is 0.767. The Balaban J connectivity index is 1.92. The Labute approximate surface area is 103 Å². The Bertz CT molecular complexity index is 533. The van der Waals surface area contributed by atoms with Gasteiger partial charge in [0.1, 0.15) is 0 Å². The third-order valence-electron chi connectivity index (χ3n) is 4.01. The SMILES string of the molecule is CC(C)N1CC(c2cn(C)c3ccccc23)C1. The molecule has 2 heteroatoms. The van der Waals surface area contributed by atoms with E-state index >= 15 is 0 Å². The summed E-state index contributed by atoms with van der Waals surface area (Å²) in [6.07, 6.45) is 2.31. The number of benzene rings is 1. The van der Waals surface area contributed by atoms with Gasteiger partial charge in [0.05, 0.1) is 0 Å². The first-order chi connectivity index (χ1) is 8.16. The zero-order valence-electron chi connectivity index (χ0n) is 10.9. The molecule has 0 N–H and O–H groups in total. The van der Waals surface area contributed by atoms with Crippen LogP contribution < -0.4 is 0 Å². The standard InChI is InChI=1S/C15H20N2/c1-11(2)17-8-12(9-17)14-10-16(3)15-7-5-4-6-13(14)15/h4-7,10-12H,8-9H2,1-3H3. The number of rotatable bonds is 2. The monoisotopic (exact) mass is 228 g/mol. The fraction of sp³-hybridized carbons (Fsp3) is 0.467. The van der Waals surface area contributed by atoms with Gasteiger partial charge in [-0.3, -0.25) is 4.90 Å². The van der Waals surface area contributed by atoms with Crippen molar-refractivity contribution in [1.29, 1.82) is 0 Å². The highest BCUT2D eigenvalue weighted by Gasteiger charge is 2.31. The number of hydrogen-bond donors (Lipinski definition) is 0. The molecule has 1 saturated heterocycles. The van der Waals surface area contributed by atoms with Gasteiger partial charge in [0, 0.05) is 49.2 Å². The first-order valence-corrected chi connectivity index (χ1v) is 6.45. The van der Waals surface area contributed by atoms with Crippen LogP contribution in [0.4, 0.5) is 0 Å². The lowest BCUT2D eigenvalue weighted by atomic mass is 9.90. The van der Waals surface area contributed by atoms with Crippen LogP contribution in [-0.2, 0) is 7.05 Å². The fourth-order valence-corrected chi connectivity index (χ4v) is 2.83. The lowest BCUT2D eigenvalue weighted by Crippen LogP contribution is -2.48. The molecule has 1 fully saturated rings. The molecular formula is C15H20N2. The number of aromatic nitrogens is 1. The second-order valence-electron chi connectivity index (χ2n) is 5.46. The van der Waals surface area contributed by atoms with E-state index in [1.807, 2.05) is 0 Å². The van der Waals surface area contributed by atoms with Crippen molar-refractivity contribution in [2.45, 2.75) is 25.8 Å². The Morgan fingerprint density at radius 1 is 1.18 bits per heavy atom. The normalized spacial score (nSPS) is 17.9. The largest absolute Gasteiger partial charge is 0.350 e. The van der Waals surface area contributed by atoms with Gasteiger partial charge in [-0.05, 0) is 25.5 Å². The minimum Gasteiger partial charge on any atom is -0.350 e. The Kier molecular flexibility index (Phi) is 2.48. The van der Waals surface area contributed by atoms with Crippen LogP contribution in [0.2, 0.25) is 0 Å². The molecule has 0 bridgehead atoms. The molecular weight excluding hydrogens is 208 g/mol. The molecule has 2 heterocycles. The molecule has 90 valence electrons. The number of para-hydroxylation sites is 1. The third-order valence-corrected chi connectivity index (χ3v) is 4.01. The second-order valence-corrected chi connectivity index (χ2v) is 5.46. The van der Waals surface area contributed by atoms with Crippen LogP contribution in [0.1, 0.15) is 25.3 Å². The van der Waals surface area contributed by atoms with Gasteiger partial charge >= 0.3 is 0 Å². The smallest absolute Gasteiger partial charge is 0.0480 e. The van der Waals surface area contributed by atoms with E-state index in [-0.39, 0.29) is 0 Å². The molecule has 2 aromatic rings. The van der Waals surface area contributed by atoms with E-state index in [0.717, 1.165) is 5.92 Å². The van der Waals surface area contributed by atoms with Gasteiger partial charge in [0.15, 0.2) is 0 Å². The Morgan fingerprint density at radius 2 is 1.88 bits per heavy atom. The summed E-state index contributed by atoms with van der Waals surface area (Å²) in [5, 5.41) is 1.43. The summed E-state index contributed by atoms with van der Waals surface area (Å²) in [5.41, 5.74) is 2.88. The molecule has 1 aliphatic rings. The van der Waals surface area contributed by atoms with Gasteiger partial charge in [-0.25, -0.2) is 0 Å². The van der Waals surface area contributed by atoms with Gasteiger partial charge < -0.3 is 4.57 Å². The zero-order chi connectivity index (χ0) is 12.0. The summed E-state index contributed by atoms with van der Waals surface area (Å²) in [4.78, 5) is 2.53.